The van der Waals surface area contributed by atoms with Crippen LogP contribution >= 0.6 is 0 Å². The van der Waals surface area contributed by atoms with E-state index in [1.165, 1.54) is 12.8 Å². The molecule has 0 spiro atoms. The summed E-state index contributed by atoms with van der Waals surface area (Å²) in [6, 6.07) is 2.04. The van der Waals surface area contributed by atoms with Gasteiger partial charge in [0.2, 0.25) is 0 Å². The van der Waals surface area contributed by atoms with E-state index in [1.54, 1.807) is 0 Å². The van der Waals surface area contributed by atoms with Crippen LogP contribution in [-0.2, 0) is 17.8 Å². The fraction of sp³-hybridized carbons (Fsp3) is 0.750. The summed E-state index contributed by atoms with van der Waals surface area (Å²) < 4.78 is 11.1. The van der Waals surface area contributed by atoms with E-state index in [2.05, 4.69) is 15.4 Å². The molecule has 1 aromatic heterocycles. The minimum absolute atomic E-state index is 0.438. The normalized spacial score (nSPS) is 28.8. The van der Waals surface area contributed by atoms with Crippen LogP contribution in [0.4, 0.5) is 0 Å². The Bertz CT molecular complexity index is 368. The van der Waals surface area contributed by atoms with Crippen LogP contribution in [0.1, 0.15) is 24.3 Å². The van der Waals surface area contributed by atoms with Crippen molar-refractivity contribution in [1.82, 2.24) is 15.4 Å². The van der Waals surface area contributed by atoms with Crippen molar-refractivity contribution in [3.05, 3.63) is 17.5 Å². The van der Waals surface area contributed by atoms with Gasteiger partial charge in [-0.2, -0.15) is 0 Å². The summed E-state index contributed by atoms with van der Waals surface area (Å²) in [6.45, 7) is 3.67. The van der Waals surface area contributed by atoms with E-state index in [4.69, 9.17) is 9.26 Å². The third-order valence-corrected chi connectivity index (χ3v) is 3.46. The van der Waals surface area contributed by atoms with Crippen molar-refractivity contribution < 1.29 is 9.26 Å². The van der Waals surface area contributed by atoms with Crippen molar-refractivity contribution in [2.24, 2.45) is 0 Å². The zero-order valence-electron chi connectivity index (χ0n) is 10.2. The number of aromatic nitrogens is 1. The van der Waals surface area contributed by atoms with E-state index in [1.807, 2.05) is 13.1 Å². The van der Waals surface area contributed by atoms with Crippen molar-refractivity contribution in [2.75, 3.05) is 20.1 Å². The van der Waals surface area contributed by atoms with E-state index in [0.29, 0.717) is 12.2 Å². The summed E-state index contributed by atoms with van der Waals surface area (Å²) in [5.74, 6) is 0.955. The van der Waals surface area contributed by atoms with Gasteiger partial charge in [-0.1, -0.05) is 5.16 Å². The molecule has 2 saturated heterocycles. The summed E-state index contributed by atoms with van der Waals surface area (Å²) >= 11 is 0. The van der Waals surface area contributed by atoms with Gasteiger partial charge in [0.1, 0.15) is 0 Å². The molecule has 0 saturated carbocycles. The molecule has 2 fully saturated rings. The topological polar surface area (TPSA) is 50.5 Å². The second-order valence-corrected chi connectivity index (χ2v) is 4.97. The lowest BCUT2D eigenvalue weighted by Crippen LogP contribution is -2.41. The number of hydrogen-bond donors (Lipinski definition) is 1. The molecule has 0 aromatic carbocycles. The Morgan fingerprint density at radius 2 is 2.18 bits per heavy atom. The maximum absolute atomic E-state index is 5.81. The Morgan fingerprint density at radius 1 is 1.41 bits per heavy atom. The molecular formula is C12H19N3O2. The van der Waals surface area contributed by atoms with Crippen LogP contribution < -0.4 is 5.32 Å². The third-order valence-electron chi connectivity index (χ3n) is 3.46. The SMILES string of the molecule is CNCc1cc(CN2CC3CCC(C2)O3)on1. The van der Waals surface area contributed by atoms with Crippen molar-refractivity contribution in [3.63, 3.8) is 0 Å². The highest BCUT2D eigenvalue weighted by molar-refractivity contribution is 5.05. The van der Waals surface area contributed by atoms with Gasteiger partial charge in [-0.25, -0.2) is 0 Å². The Balaban J connectivity index is 1.58. The number of ether oxygens (including phenoxy) is 1. The molecule has 17 heavy (non-hydrogen) atoms. The van der Waals surface area contributed by atoms with E-state index >= 15 is 0 Å². The lowest BCUT2D eigenvalue weighted by molar-refractivity contribution is -0.0431. The van der Waals surface area contributed by atoms with Crippen molar-refractivity contribution in [1.29, 1.82) is 0 Å². The smallest absolute Gasteiger partial charge is 0.151 e. The molecule has 5 heteroatoms. The highest BCUT2D eigenvalue weighted by Crippen LogP contribution is 2.27. The molecule has 0 amide bonds. The van der Waals surface area contributed by atoms with Gasteiger partial charge in [0.05, 0.1) is 24.4 Å². The predicted octanol–water partition coefficient (Wildman–Crippen LogP) is 0.757. The fourth-order valence-electron chi connectivity index (χ4n) is 2.74. The van der Waals surface area contributed by atoms with Crippen LogP contribution in [0.25, 0.3) is 0 Å². The molecule has 2 aliphatic heterocycles. The Kier molecular flexibility index (Phi) is 3.13. The first kappa shape index (κ1) is 11.2. The Hall–Kier alpha value is -0.910. The molecule has 1 aromatic rings. The first-order chi connectivity index (χ1) is 8.33. The largest absolute Gasteiger partial charge is 0.372 e. The zero-order valence-corrected chi connectivity index (χ0v) is 10.2. The maximum atomic E-state index is 5.81. The summed E-state index contributed by atoms with van der Waals surface area (Å²) in [5, 5.41) is 7.10. The lowest BCUT2D eigenvalue weighted by Gasteiger charge is -2.31. The van der Waals surface area contributed by atoms with Gasteiger partial charge in [-0.05, 0) is 19.9 Å². The molecule has 3 heterocycles. The third kappa shape index (κ3) is 2.51. The number of morpholine rings is 1. The van der Waals surface area contributed by atoms with Gasteiger partial charge in [-0.15, -0.1) is 0 Å². The molecule has 5 nitrogen and oxygen atoms in total. The number of nitrogens with one attached hydrogen (secondary N) is 1. The van der Waals surface area contributed by atoms with Crippen LogP contribution in [0.2, 0.25) is 0 Å². The number of fused-ring (bicyclic) bond motifs is 2. The Morgan fingerprint density at radius 3 is 2.88 bits per heavy atom. The molecular weight excluding hydrogens is 218 g/mol. The van der Waals surface area contributed by atoms with Gasteiger partial charge in [0.25, 0.3) is 0 Å². The monoisotopic (exact) mass is 237 g/mol. The van der Waals surface area contributed by atoms with Crippen molar-refractivity contribution in [3.8, 4) is 0 Å². The second kappa shape index (κ2) is 4.76. The van der Waals surface area contributed by atoms with E-state index in [-0.39, 0.29) is 0 Å². The second-order valence-electron chi connectivity index (χ2n) is 4.97. The predicted molar refractivity (Wildman–Crippen MR) is 62.4 cm³/mol. The fourth-order valence-corrected chi connectivity index (χ4v) is 2.74. The molecule has 0 radical (unpaired) electrons. The highest BCUT2D eigenvalue weighted by Gasteiger charge is 2.33. The molecule has 2 bridgehead atoms. The van der Waals surface area contributed by atoms with E-state index in [0.717, 1.165) is 37.6 Å². The Labute approximate surface area is 101 Å². The molecule has 0 aliphatic carbocycles. The van der Waals surface area contributed by atoms with Gasteiger partial charge >= 0.3 is 0 Å². The molecule has 2 atom stereocenters. The summed E-state index contributed by atoms with van der Waals surface area (Å²) in [4.78, 5) is 2.41. The van der Waals surface area contributed by atoms with Crippen LogP contribution in [0.5, 0.6) is 0 Å². The first-order valence-corrected chi connectivity index (χ1v) is 6.30. The molecule has 94 valence electrons. The van der Waals surface area contributed by atoms with Crippen LogP contribution in [0.15, 0.2) is 10.6 Å². The minimum Gasteiger partial charge on any atom is -0.372 e. The van der Waals surface area contributed by atoms with Gasteiger partial charge in [-0.3, -0.25) is 4.90 Å². The number of nitrogens with zero attached hydrogens (tertiary/aromatic N) is 2. The summed E-state index contributed by atoms with van der Waals surface area (Å²) in [7, 11) is 1.91. The lowest BCUT2D eigenvalue weighted by atomic mass is 10.2. The van der Waals surface area contributed by atoms with Crippen LogP contribution in [0.3, 0.4) is 0 Å². The average Bonchev–Trinajstić information content (AvgIpc) is 2.87. The highest BCUT2D eigenvalue weighted by atomic mass is 16.5. The summed E-state index contributed by atoms with van der Waals surface area (Å²) in [6.07, 6.45) is 3.30. The molecule has 1 N–H and O–H groups in total. The van der Waals surface area contributed by atoms with Crippen molar-refractivity contribution >= 4 is 0 Å². The standard InChI is InChI=1S/C12H19N3O2/c1-13-5-9-4-12(17-14-9)8-15-6-10-2-3-11(7-15)16-10/h4,10-11,13H,2-3,5-8H2,1H3. The minimum atomic E-state index is 0.438. The molecule has 3 rings (SSSR count). The van der Waals surface area contributed by atoms with Gasteiger partial charge in [0, 0.05) is 25.7 Å². The van der Waals surface area contributed by atoms with Gasteiger partial charge in [0.15, 0.2) is 5.76 Å². The molecule has 2 unspecified atom stereocenters. The average molecular weight is 237 g/mol. The van der Waals surface area contributed by atoms with Gasteiger partial charge < -0.3 is 14.6 Å². The van der Waals surface area contributed by atoms with Crippen LogP contribution in [0, 0.1) is 0 Å². The molecule has 2 aliphatic rings. The van der Waals surface area contributed by atoms with Crippen LogP contribution in [-0.4, -0.2) is 42.4 Å². The number of likely N-dealkylation sites (tertiary alicyclic amines) is 1. The number of rotatable bonds is 4. The van der Waals surface area contributed by atoms with E-state index in [9.17, 15) is 0 Å². The van der Waals surface area contributed by atoms with E-state index < -0.39 is 0 Å². The number of hydrogen-bond acceptors (Lipinski definition) is 5. The van der Waals surface area contributed by atoms with Crippen molar-refractivity contribution in [2.45, 2.75) is 38.1 Å². The first-order valence-electron chi connectivity index (χ1n) is 6.30. The quantitative estimate of drug-likeness (QED) is 0.837. The maximum Gasteiger partial charge on any atom is 0.151 e. The zero-order chi connectivity index (χ0) is 11.7. The summed E-state index contributed by atoms with van der Waals surface area (Å²) in [5.41, 5.74) is 0.971.